The van der Waals surface area contributed by atoms with E-state index >= 15 is 0 Å². The summed E-state index contributed by atoms with van der Waals surface area (Å²) >= 11 is 0. The molecule has 0 fully saturated rings. The van der Waals surface area contributed by atoms with Crippen LogP contribution in [-0.2, 0) is 0 Å². The number of aliphatic hydroxyl groups excluding tert-OH is 2. The highest BCUT2D eigenvalue weighted by Crippen LogP contribution is 2.32. The number of hydrogen-bond donors (Lipinski definition) is 2. The molecule has 4 nitrogen and oxygen atoms in total. The first-order chi connectivity index (χ1) is 10.0. The van der Waals surface area contributed by atoms with E-state index in [0.29, 0.717) is 25.2 Å². The highest BCUT2D eigenvalue weighted by Gasteiger charge is 2.20. The van der Waals surface area contributed by atoms with Gasteiger partial charge in [0.2, 0.25) is 0 Å². The Kier molecular flexibility index (Phi) is 7.54. The van der Waals surface area contributed by atoms with Gasteiger partial charge in [-0.2, -0.15) is 0 Å². The summed E-state index contributed by atoms with van der Waals surface area (Å²) in [5, 5.41) is 19.9. The largest absolute Gasteiger partial charge is 0.493 e. The lowest BCUT2D eigenvalue weighted by Gasteiger charge is -2.22. The van der Waals surface area contributed by atoms with Gasteiger partial charge in [-0.15, -0.1) is 0 Å². The van der Waals surface area contributed by atoms with Gasteiger partial charge in [-0.05, 0) is 43.4 Å². The van der Waals surface area contributed by atoms with Gasteiger partial charge < -0.3 is 19.7 Å². The minimum atomic E-state index is -0.697. The molecule has 1 aromatic carbocycles. The van der Waals surface area contributed by atoms with Crippen molar-refractivity contribution in [1.29, 1.82) is 0 Å². The molecule has 4 heteroatoms. The number of aliphatic hydroxyl groups is 2. The van der Waals surface area contributed by atoms with E-state index in [9.17, 15) is 10.2 Å². The molecule has 120 valence electrons. The minimum absolute atomic E-state index is 0.135. The SMILES string of the molecule is CCCC(O)C(O)CC(C)c1ccc(OCC)c(OC)c1. The van der Waals surface area contributed by atoms with Crippen molar-refractivity contribution in [1.82, 2.24) is 0 Å². The molecule has 1 aromatic rings. The van der Waals surface area contributed by atoms with Crippen molar-refractivity contribution in [3.63, 3.8) is 0 Å². The Hall–Kier alpha value is -1.26. The number of hydrogen-bond acceptors (Lipinski definition) is 4. The Labute approximate surface area is 127 Å². The van der Waals surface area contributed by atoms with Gasteiger partial charge in [0.15, 0.2) is 11.5 Å². The molecule has 0 aliphatic heterocycles. The second-order valence-corrected chi connectivity index (χ2v) is 5.40. The Bertz CT molecular complexity index is 419. The molecule has 0 aliphatic rings. The Morgan fingerprint density at radius 2 is 1.81 bits per heavy atom. The van der Waals surface area contributed by atoms with Gasteiger partial charge in [-0.25, -0.2) is 0 Å². The van der Waals surface area contributed by atoms with E-state index in [1.165, 1.54) is 0 Å². The molecule has 0 bridgehead atoms. The molecule has 0 heterocycles. The van der Waals surface area contributed by atoms with Crippen molar-refractivity contribution < 1.29 is 19.7 Å². The minimum Gasteiger partial charge on any atom is -0.493 e. The van der Waals surface area contributed by atoms with Crippen LogP contribution < -0.4 is 9.47 Å². The van der Waals surface area contributed by atoms with Gasteiger partial charge in [0.05, 0.1) is 25.9 Å². The number of methoxy groups -OCH3 is 1. The van der Waals surface area contributed by atoms with Crippen LogP contribution in [0.25, 0.3) is 0 Å². The first-order valence-corrected chi connectivity index (χ1v) is 7.70. The summed E-state index contributed by atoms with van der Waals surface area (Å²) in [7, 11) is 1.62. The van der Waals surface area contributed by atoms with E-state index in [4.69, 9.17) is 9.47 Å². The van der Waals surface area contributed by atoms with E-state index in [-0.39, 0.29) is 5.92 Å². The highest BCUT2D eigenvalue weighted by atomic mass is 16.5. The maximum Gasteiger partial charge on any atom is 0.161 e. The summed E-state index contributed by atoms with van der Waals surface area (Å²) in [4.78, 5) is 0. The maximum absolute atomic E-state index is 10.0. The van der Waals surface area contributed by atoms with Crippen LogP contribution >= 0.6 is 0 Å². The lowest BCUT2D eigenvalue weighted by atomic mass is 9.92. The van der Waals surface area contributed by atoms with Gasteiger partial charge in [0, 0.05) is 0 Å². The molecule has 0 saturated carbocycles. The fourth-order valence-corrected chi connectivity index (χ4v) is 2.41. The maximum atomic E-state index is 10.0. The smallest absolute Gasteiger partial charge is 0.161 e. The zero-order valence-electron chi connectivity index (χ0n) is 13.5. The lowest BCUT2D eigenvalue weighted by molar-refractivity contribution is 0.00637. The van der Waals surface area contributed by atoms with E-state index in [2.05, 4.69) is 0 Å². The predicted molar refractivity (Wildman–Crippen MR) is 84.1 cm³/mol. The Morgan fingerprint density at radius 3 is 2.38 bits per heavy atom. The Morgan fingerprint density at radius 1 is 1.10 bits per heavy atom. The quantitative estimate of drug-likeness (QED) is 0.735. The van der Waals surface area contributed by atoms with Gasteiger partial charge in [-0.3, -0.25) is 0 Å². The van der Waals surface area contributed by atoms with Crippen LogP contribution in [0.1, 0.15) is 51.5 Å². The molecule has 1 rings (SSSR count). The van der Waals surface area contributed by atoms with Crippen LogP contribution in [0.4, 0.5) is 0 Å². The molecule has 3 unspecified atom stereocenters. The van der Waals surface area contributed by atoms with Crippen LogP contribution in [0.5, 0.6) is 11.5 Å². The number of benzene rings is 1. The molecule has 2 N–H and O–H groups in total. The van der Waals surface area contributed by atoms with Crippen LogP contribution in [0.15, 0.2) is 18.2 Å². The molecular weight excluding hydrogens is 268 g/mol. The van der Waals surface area contributed by atoms with Crippen LogP contribution in [0.2, 0.25) is 0 Å². The summed E-state index contributed by atoms with van der Waals surface area (Å²) in [6, 6.07) is 5.81. The average molecular weight is 296 g/mol. The van der Waals surface area contributed by atoms with Gasteiger partial charge in [0.1, 0.15) is 0 Å². The molecule has 3 atom stereocenters. The monoisotopic (exact) mass is 296 g/mol. The summed E-state index contributed by atoms with van der Waals surface area (Å²) in [5.74, 6) is 1.56. The molecule has 21 heavy (non-hydrogen) atoms. The molecule has 0 radical (unpaired) electrons. The van der Waals surface area contributed by atoms with Crippen LogP contribution in [0, 0.1) is 0 Å². The molecule has 0 spiro atoms. The van der Waals surface area contributed by atoms with E-state index < -0.39 is 12.2 Å². The van der Waals surface area contributed by atoms with E-state index in [0.717, 1.165) is 17.7 Å². The Balaban J connectivity index is 2.75. The van der Waals surface area contributed by atoms with Crippen LogP contribution in [-0.4, -0.2) is 36.1 Å². The second kappa shape index (κ2) is 8.90. The predicted octanol–water partition coefficient (Wildman–Crippen LogP) is 3.11. The average Bonchev–Trinajstić information content (AvgIpc) is 2.48. The fraction of sp³-hybridized carbons (Fsp3) is 0.647. The normalized spacial score (nSPS) is 15.3. The fourth-order valence-electron chi connectivity index (χ4n) is 2.41. The third-order valence-corrected chi connectivity index (χ3v) is 3.68. The van der Waals surface area contributed by atoms with Gasteiger partial charge >= 0.3 is 0 Å². The first kappa shape index (κ1) is 17.8. The molecule has 0 aromatic heterocycles. The van der Waals surface area contributed by atoms with Crippen molar-refractivity contribution in [2.45, 2.75) is 58.2 Å². The molecular formula is C17H28O4. The summed E-state index contributed by atoms with van der Waals surface area (Å²) in [6.45, 7) is 6.56. The summed E-state index contributed by atoms with van der Waals surface area (Å²) < 4.78 is 10.8. The lowest BCUT2D eigenvalue weighted by Crippen LogP contribution is -2.27. The first-order valence-electron chi connectivity index (χ1n) is 7.70. The summed E-state index contributed by atoms with van der Waals surface area (Å²) in [6.07, 6.45) is 0.669. The van der Waals surface area contributed by atoms with Crippen molar-refractivity contribution >= 4 is 0 Å². The molecule has 0 saturated heterocycles. The van der Waals surface area contributed by atoms with Gasteiger partial charge in [0.25, 0.3) is 0 Å². The zero-order chi connectivity index (χ0) is 15.8. The third-order valence-electron chi connectivity index (χ3n) is 3.68. The number of rotatable bonds is 9. The van der Waals surface area contributed by atoms with E-state index in [1.807, 2.05) is 39.0 Å². The van der Waals surface area contributed by atoms with Crippen LogP contribution in [0.3, 0.4) is 0 Å². The van der Waals surface area contributed by atoms with Crippen molar-refractivity contribution in [3.05, 3.63) is 23.8 Å². The zero-order valence-corrected chi connectivity index (χ0v) is 13.5. The van der Waals surface area contributed by atoms with Crippen molar-refractivity contribution in [3.8, 4) is 11.5 Å². The molecule has 0 aliphatic carbocycles. The van der Waals surface area contributed by atoms with Crippen molar-refractivity contribution in [2.75, 3.05) is 13.7 Å². The van der Waals surface area contributed by atoms with Gasteiger partial charge in [-0.1, -0.05) is 26.3 Å². The molecule has 0 amide bonds. The van der Waals surface area contributed by atoms with Crippen molar-refractivity contribution in [2.24, 2.45) is 0 Å². The summed E-state index contributed by atoms with van der Waals surface area (Å²) in [5.41, 5.74) is 1.07. The third kappa shape index (κ3) is 5.21. The standard InChI is InChI=1S/C17H28O4/c1-5-7-14(18)15(19)10-12(3)13-8-9-16(21-6-2)17(11-13)20-4/h8-9,11-12,14-15,18-19H,5-7,10H2,1-4H3. The highest BCUT2D eigenvalue weighted by molar-refractivity contribution is 5.43. The second-order valence-electron chi connectivity index (χ2n) is 5.40. The topological polar surface area (TPSA) is 58.9 Å². The number of ether oxygens (including phenoxy) is 2. The van der Waals surface area contributed by atoms with E-state index in [1.54, 1.807) is 7.11 Å².